The molecule has 4 heteroatoms. The normalized spacial score (nSPS) is 14.5. The van der Waals surface area contributed by atoms with Crippen LogP contribution in [-0.4, -0.2) is 11.8 Å². The van der Waals surface area contributed by atoms with Gasteiger partial charge in [0.15, 0.2) is 5.78 Å². The second kappa shape index (κ2) is 5.36. The summed E-state index contributed by atoms with van der Waals surface area (Å²) in [6.45, 7) is 5.15. The van der Waals surface area contributed by atoms with Crippen molar-refractivity contribution in [2.45, 2.75) is 33.2 Å². The Balaban J connectivity index is 3.17. The summed E-state index contributed by atoms with van der Waals surface area (Å²) in [4.78, 5) is 11.9. The van der Waals surface area contributed by atoms with Gasteiger partial charge in [0.2, 0.25) is 0 Å². The van der Waals surface area contributed by atoms with E-state index >= 15 is 0 Å². The van der Waals surface area contributed by atoms with E-state index in [-0.39, 0.29) is 11.5 Å². The van der Waals surface area contributed by atoms with Crippen molar-refractivity contribution in [1.29, 1.82) is 0 Å². The molecule has 0 aromatic heterocycles. The third-order valence-corrected chi connectivity index (χ3v) is 3.09. The van der Waals surface area contributed by atoms with E-state index in [0.29, 0.717) is 6.42 Å². The van der Waals surface area contributed by atoms with Crippen molar-refractivity contribution in [2.24, 2.45) is 11.7 Å². The van der Waals surface area contributed by atoms with Crippen LogP contribution >= 0.6 is 0 Å². The van der Waals surface area contributed by atoms with Crippen molar-refractivity contribution in [3.8, 4) is 0 Å². The summed E-state index contributed by atoms with van der Waals surface area (Å²) in [6.07, 6.45) is 0.683. The quantitative estimate of drug-likeness (QED) is 0.824. The lowest BCUT2D eigenvalue weighted by Gasteiger charge is -2.18. The van der Waals surface area contributed by atoms with E-state index in [1.165, 1.54) is 13.0 Å². The number of hydrogen-bond donors (Lipinski definition) is 1. The highest BCUT2D eigenvalue weighted by molar-refractivity contribution is 6.00. The highest BCUT2D eigenvalue weighted by atomic mass is 19.1. The number of aryl methyl sites for hydroxylation is 1. The van der Waals surface area contributed by atoms with Crippen LogP contribution in [0.15, 0.2) is 12.1 Å². The first-order valence-corrected chi connectivity index (χ1v) is 5.64. The van der Waals surface area contributed by atoms with E-state index in [4.69, 9.17) is 5.73 Å². The number of halogens is 2. The topological polar surface area (TPSA) is 43.1 Å². The highest BCUT2D eigenvalue weighted by Crippen LogP contribution is 2.20. The maximum atomic E-state index is 13.7. The molecule has 1 rings (SSSR count). The molecule has 0 aliphatic rings. The second-order valence-electron chi connectivity index (χ2n) is 4.33. The molecule has 0 spiro atoms. The molecule has 2 unspecified atom stereocenters. The van der Waals surface area contributed by atoms with Crippen LogP contribution in [0.2, 0.25) is 0 Å². The van der Waals surface area contributed by atoms with Crippen molar-refractivity contribution in [3.63, 3.8) is 0 Å². The van der Waals surface area contributed by atoms with Gasteiger partial charge in [-0.3, -0.25) is 4.79 Å². The molecule has 0 heterocycles. The molecule has 0 saturated carbocycles. The van der Waals surface area contributed by atoms with E-state index in [1.807, 2.05) is 6.92 Å². The van der Waals surface area contributed by atoms with E-state index < -0.39 is 29.0 Å². The van der Waals surface area contributed by atoms with Crippen molar-refractivity contribution in [3.05, 3.63) is 34.9 Å². The molecule has 2 atom stereocenters. The number of hydrogen-bond acceptors (Lipinski definition) is 2. The number of nitrogens with two attached hydrogens (primary N) is 1. The number of rotatable bonds is 4. The van der Waals surface area contributed by atoms with Crippen LogP contribution in [0.3, 0.4) is 0 Å². The summed E-state index contributed by atoms with van der Waals surface area (Å²) in [5.41, 5.74) is 5.43. The van der Waals surface area contributed by atoms with Gasteiger partial charge in [0.05, 0.1) is 11.6 Å². The van der Waals surface area contributed by atoms with E-state index in [0.717, 1.165) is 6.07 Å². The Kier molecular flexibility index (Phi) is 4.34. The minimum absolute atomic E-state index is 0.109. The van der Waals surface area contributed by atoms with Crippen LogP contribution in [0.5, 0.6) is 0 Å². The summed E-state index contributed by atoms with van der Waals surface area (Å²) < 4.78 is 27.2. The Morgan fingerprint density at radius 2 is 2.00 bits per heavy atom. The third kappa shape index (κ3) is 2.69. The van der Waals surface area contributed by atoms with Crippen molar-refractivity contribution in [1.82, 2.24) is 0 Å². The Labute approximate surface area is 99.8 Å². The van der Waals surface area contributed by atoms with Crippen LogP contribution in [0.1, 0.15) is 36.2 Å². The summed E-state index contributed by atoms with van der Waals surface area (Å²) >= 11 is 0. The lowest BCUT2D eigenvalue weighted by Crippen LogP contribution is -2.37. The minimum Gasteiger partial charge on any atom is -0.321 e. The molecule has 0 aliphatic carbocycles. The van der Waals surface area contributed by atoms with Gasteiger partial charge in [0.25, 0.3) is 0 Å². The summed E-state index contributed by atoms with van der Waals surface area (Å²) in [6, 6.07) is 1.52. The minimum atomic E-state index is -0.870. The lowest BCUT2D eigenvalue weighted by atomic mass is 9.91. The Hall–Kier alpha value is -1.29. The molecule has 0 bridgehead atoms. The smallest absolute Gasteiger partial charge is 0.185 e. The molecular formula is C13H17F2NO. The number of carbonyl (C=O) groups excluding carboxylic acids is 1. The predicted molar refractivity (Wildman–Crippen MR) is 62.9 cm³/mol. The van der Waals surface area contributed by atoms with Gasteiger partial charge in [-0.1, -0.05) is 26.3 Å². The van der Waals surface area contributed by atoms with Gasteiger partial charge in [-0.2, -0.15) is 0 Å². The van der Waals surface area contributed by atoms with Crippen molar-refractivity contribution in [2.75, 3.05) is 0 Å². The number of ketones is 1. The lowest BCUT2D eigenvalue weighted by molar-refractivity contribution is 0.0926. The average Bonchev–Trinajstić information content (AvgIpc) is 2.32. The van der Waals surface area contributed by atoms with Crippen LogP contribution in [0.4, 0.5) is 8.78 Å². The zero-order chi connectivity index (χ0) is 13.2. The number of benzene rings is 1. The molecule has 2 N–H and O–H groups in total. The number of Topliss-reactive ketones (excluding diaryl/α,β-unsaturated/α-hetero) is 1. The standard InChI is InChI=1S/C13H17F2NO/c1-4-7(2)12(16)13(17)10-9(14)6-5-8(3)11(10)15/h5-7,12H,4,16H2,1-3H3. The fourth-order valence-corrected chi connectivity index (χ4v) is 1.56. The predicted octanol–water partition coefficient (Wildman–Crippen LogP) is 2.83. The molecule has 1 aromatic rings. The van der Waals surface area contributed by atoms with Gasteiger partial charge in [-0.15, -0.1) is 0 Å². The van der Waals surface area contributed by atoms with Crippen LogP contribution in [0, 0.1) is 24.5 Å². The zero-order valence-corrected chi connectivity index (χ0v) is 10.3. The fraction of sp³-hybridized carbons (Fsp3) is 0.462. The monoisotopic (exact) mass is 241 g/mol. The van der Waals surface area contributed by atoms with Gasteiger partial charge in [-0.25, -0.2) is 8.78 Å². The first kappa shape index (κ1) is 13.8. The summed E-state index contributed by atoms with van der Waals surface area (Å²) in [7, 11) is 0. The molecule has 0 aliphatic heterocycles. The molecule has 17 heavy (non-hydrogen) atoms. The van der Waals surface area contributed by atoms with Crippen LogP contribution < -0.4 is 5.73 Å². The van der Waals surface area contributed by atoms with Crippen molar-refractivity contribution >= 4 is 5.78 Å². The molecule has 2 nitrogen and oxygen atoms in total. The second-order valence-corrected chi connectivity index (χ2v) is 4.33. The van der Waals surface area contributed by atoms with Crippen LogP contribution in [-0.2, 0) is 0 Å². The van der Waals surface area contributed by atoms with Gasteiger partial charge in [0, 0.05) is 0 Å². The molecule has 0 fully saturated rings. The van der Waals surface area contributed by atoms with E-state index in [2.05, 4.69) is 0 Å². The zero-order valence-electron chi connectivity index (χ0n) is 10.3. The molecule has 0 radical (unpaired) electrons. The maximum Gasteiger partial charge on any atom is 0.185 e. The summed E-state index contributed by atoms with van der Waals surface area (Å²) in [5.74, 6) is -2.44. The molecule has 94 valence electrons. The highest BCUT2D eigenvalue weighted by Gasteiger charge is 2.27. The Morgan fingerprint density at radius 1 is 1.41 bits per heavy atom. The van der Waals surface area contributed by atoms with Gasteiger partial charge < -0.3 is 5.73 Å². The SMILES string of the molecule is CCC(C)C(N)C(=O)c1c(F)ccc(C)c1F. The molecule has 0 saturated heterocycles. The number of carbonyl (C=O) groups is 1. The van der Waals surface area contributed by atoms with Crippen LogP contribution in [0.25, 0.3) is 0 Å². The Bertz CT molecular complexity index is 432. The molecule has 1 aromatic carbocycles. The first-order valence-electron chi connectivity index (χ1n) is 5.64. The van der Waals surface area contributed by atoms with E-state index in [9.17, 15) is 13.6 Å². The van der Waals surface area contributed by atoms with Crippen molar-refractivity contribution < 1.29 is 13.6 Å². The van der Waals surface area contributed by atoms with E-state index in [1.54, 1.807) is 6.92 Å². The fourth-order valence-electron chi connectivity index (χ4n) is 1.56. The van der Waals surface area contributed by atoms with Gasteiger partial charge >= 0.3 is 0 Å². The average molecular weight is 241 g/mol. The summed E-state index contributed by atoms with van der Waals surface area (Å²) in [5, 5.41) is 0. The largest absolute Gasteiger partial charge is 0.321 e. The molecular weight excluding hydrogens is 224 g/mol. The first-order chi connectivity index (χ1) is 7.90. The van der Waals surface area contributed by atoms with Gasteiger partial charge in [0.1, 0.15) is 11.6 Å². The molecule has 0 amide bonds. The third-order valence-electron chi connectivity index (χ3n) is 3.09. The van der Waals surface area contributed by atoms with Gasteiger partial charge in [-0.05, 0) is 24.5 Å². The Morgan fingerprint density at radius 3 is 2.53 bits per heavy atom. The maximum absolute atomic E-state index is 13.7.